The molecule has 3 N–H and O–H groups in total. The van der Waals surface area contributed by atoms with E-state index in [-0.39, 0.29) is 14.0 Å². The predicted octanol–water partition coefficient (Wildman–Crippen LogP) is -0.0122. The molecule has 1 atom stereocenters. The normalized spacial score (nSPS) is 9.57. The highest BCUT2D eigenvalue weighted by Crippen LogP contribution is 1.75. The molecular formula is C9H16O5. The van der Waals surface area contributed by atoms with Crippen LogP contribution in [0.15, 0.2) is 25.3 Å². The first kappa shape index (κ1) is 18.3. The standard InChI is InChI=1S/C4H4O3.C4H8O2.CH4/c1-2-3(5)4(6)7;1-2-4(6)3-5;/h2H,1H2,(H,6,7);2,4-6H,1,3H2;1H4. The minimum Gasteiger partial charge on any atom is -0.475 e. The van der Waals surface area contributed by atoms with Gasteiger partial charge in [0.05, 0.1) is 12.7 Å². The molecular weight excluding hydrogens is 188 g/mol. The topological polar surface area (TPSA) is 94.8 Å². The first-order chi connectivity index (χ1) is 5.99. The summed E-state index contributed by atoms with van der Waals surface area (Å²) in [5.74, 6) is -2.44. The second kappa shape index (κ2) is 11.5. The zero-order valence-corrected chi connectivity index (χ0v) is 7.01. The lowest BCUT2D eigenvalue weighted by molar-refractivity contribution is -0.146. The maximum absolute atomic E-state index is 9.79. The van der Waals surface area contributed by atoms with E-state index in [9.17, 15) is 9.59 Å². The molecule has 5 heteroatoms. The molecule has 0 aliphatic heterocycles. The molecule has 0 aliphatic carbocycles. The van der Waals surface area contributed by atoms with Gasteiger partial charge in [-0.2, -0.15) is 0 Å². The summed E-state index contributed by atoms with van der Waals surface area (Å²) in [7, 11) is 0. The van der Waals surface area contributed by atoms with Crippen molar-refractivity contribution < 1.29 is 24.9 Å². The number of carboxylic acid groups (broad SMARTS) is 1. The lowest BCUT2D eigenvalue weighted by Gasteiger charge is -1.93. The van der Waals surface area contributed by atoms with Crippen molar-refractivity contribution in [3.8, 4) is 0 Å². The zero-order valence-electron chi connectivity index (χ0n) is 7.01. The van der Waals surface area contributed by atoms with Crippen LogP contribution in [0.3, 0.4) is 0 Å². The first-order valence-corrected chi connectivity index (χ1v) is 3.30. The second-order valence-electron chi connectivity index (χ2n) is 1.86. The lowest BCUT2D eigenvalue weighted by atomic mass is 10.4. The minimum atomic E-state index is -1.46. The van der Waals surface area contributed by atoms with E-state index in [2.05, 4.69) is 13.2 Å². The molecule has 0 rings (SSSR count). The van der Waals surface area contributed by atoms with Crippen molar-refractivity contribution in [2.24, 2.45) is 0 Å². The Morgan fingerprint density at radius 1 is 1.36 bits per heavy atom. The summed E-state index contributed by atoms with van der Waals surface area (Å²) < 4.78 is 0. The Morgan fingerprint density at radius 3 is 1.79 bits per heavy atom. The van der Waals surface area contributed by atoms with Crippen LogP contribution in [0, 0.1) is 0 Å². The van der Waals surface area contributed by atoms with Crippen LogP contribution in [0.25, 0.3) is 0 Å². The van der Waals surface area contributed by atoms with E-state index in [1.807, 2.05) is 0 Å². The van der Waals surface area contributed by atoms with E-state index in [0.717, 1.165) is 6.08 Å². The molecule has 1 unspecified atom stereocenters. The van der Waals surface area contributed by atoms with Crippen LogP contribution in [0.1, 0.15) is 7.43 Å². The van der Waals surface area contributed by atoms with Gasteiger partial charge >= 0.3 is 5.97 Å². The van der Waals surface area contributed by atoms with Crippen LogP contribution in [-0.4, -0.2) is 39.8 Å². The SMILES string of the molecule is C.C=CC(=O)C(=O)O.C=CC(O)CO. The number of aliphatic carboxylic acids is 1. The Hall–Kier alpha value is -1.46. The Kier molecular flexibility index (Phi) is 15.1. The number of ketones is 1. The van der Waals surface area contributed by atoms with Gasteiger partial charge in [-0.1, -0.05) is 20.1 Å². The van der Waals surface area contributed by atoms with Crippen LogP contribution < -0.4 is 0 Å². The summed E-state index contributed by atoms with van der Waals surface area (Å²) in [6.45, 7) is 5.94. The van der Waals surface area contributed by atoms with E-state index >= 15 is 0 Å². The van der Waals surface area contributed by atoms with Gasteiger partial charge in [0.2, 0.25) is 0 Å². The first-order valence-electron chi connectivity index (χ1n) is 3.30. The number of hydrogen-bond donors (Lipinski definition) is 3. The third-order valence-corrected chi connectivity index (χ3v) is 0.855. The predicted molar refractivity (Wildman–Crippen MR) is 52.9 cm³/mol. The highest BCUT2D eigenvalue weighted by atomic mass is 16.4. The molecule has 0 aliphatic rings. The van der Waals surface area contributed by atoms with Crippen LogP contribution in [0.2, 0.25) is 0 Å². The van der Waals surface area contributed by atoms with Gasteiger partial charge in [-0.05, 0) is 6.08 Å². The summed E-state index contributed by atoms with van der Waals surface area (Å²) in [4.78, 5) is 19.3. The van der Waals surface area contributed by atoms with E-state index < -0.39 is 17.9 Å². The van der Waals surface area contributed by atoms with Gasteiger partial charge in [0.15, 0.2) is 0 Å². The maximum atomic E-state index is 9.79. The van der Waals surface area contributed by atoms with Crippen molar-refractivity contribution in [3.05, 3.63) is 25.3 Å². The molecule has 0 bridgehead atoms. The van der Waals surface area contributed by atoms with Crippen LogP contribution in [0.4, 0.5) is 0 Å². The average Bonchev–Trinajstić information content (AvgIpc) is 2.16. The smallest absolute Gasteiger partial charge is 0.376 e. The molecule has 0 heterocycles. The van der Waals surface area contributed by atoms with Gasteiger partial charge in [-0.3, -0.25) is 4.79 Å². The van der Waals surface area contributed by atoms with Gasteiger partial charge < -0.3 is 15.3 Å². The maximum Gasteiger partial charge on any atom is 0.376 e. The van der Waals surface area contributed by atoms with E-state index in [4.69, 9.17) is 15.3 Å². The van der Waals surface area contributed by atoms with Crippen LogP contribution in [-0.2, 0) is 9.59 Å². The van der Waals surface area contributed by atoms with E-state index in [1.54, 1.807) is 0 Å². The molecule has 0 amide bonds. The Balaban J connectivity index is -0.000000163. The fourth-order valence-corrected chi connectivity index (χ4v) is 0.162. The third-order valence-electron chi connectivity index (χ3n) is 0.855. The van der Waals surface area contributed by atoms with Gasteiger partial charge in [0, 0.05) is 0 Å². The van der Waals surface area contributed by atoms with Crippen molar-refractivity contribution >= 4 is 11.8 Å². The quantitative estimate of drug-likeness (QED) is 0.340. The molecule has 0 saturated carbocycles. The molecule has 0 spiro atoms. The summed E-state index contributed by atoms with van der Waals surface area (Å²) >= 11 is 0. The fourth-order valence-electron chi connectivity index (χ4n) is 0.162. The van der Waals surface area contributed by atoms with Gasteiger partial charge in [0.25, 0.3) is 5.78 Å². The molecule has 0 saturated heterocycles. The molecule has 14 heavy (non-hydrogen) atoms. The Bertz CT molecular complexity index is 197. The van der Waals surface area contributed by atoms with Crippen LogP contribution >= 0.6 is 0 Å². The molecule has 0 aromatic carbocycles. The van der Waals surface area contributed by atoms with E-state index in [1.165, 1.54) is 6.08 Å². The Morgan fingerprint density at radius 2 is 1.79 bits per heavy atom. The summed E-state index contributed by atoms with van der Waals surface area (Å²) in [5, 5.41) is 24.1. The second-order valence-corrected chi connectivity index (χ2v) is 1.86. The highest BCUT2D eigenvalue weighted by Gasteiger charge is 2.02. The van der Waals surface area contributed by atoms with Crippen molar-refractivity contribution in [1.82, 2.24) is 0 Å². The zero-order chi connectivity index (χ0) is 10.9. The average molecular weight is 204 g/mol. The molecule has 82 valence electrons. The number of aliphatic hydroxyl groups excluding tert-OH is 2. The number of rotatable bonds is 4. The highest BCUT2D eigenvalue weighted by molar-refractivity contribution is 6.37. The number of carboxylic acids is 1. The monoisotopic (exact) mass is 204 g/mol. The molecule has 0 aromatic rings. The molecule has 0 fully saturated rings. The van der Waals surface area contributed by atoms with Crippen molar-refractivity contribution in [1.29, 1.82) is 0 Å². The molecule has 0 radical (unpaired) electrons. The number of carbonyl (C=O) groups is 2. The minimum absolute atomic E-state index is 0. The van der Waals surface area contributed by atoms with E-state index in [0.29, 0.717) is 0 Å². The summed E-state index contributed by atoms with van der Waals surface area (Å²) in [5.41, 5.74) is 0. The Labute approximate surface area is 83.0 Å². The van der Waals surface area contributed by atoms with Gasteiger partial charge in [-0.25, -0.2) is 4.79 Å². The largest absolute Gasteiger partial charge is 0.475 e. The summed E-state index contributed by atoms with van der Waals surface area (Å²) in [6.07, 6.45) is 1.28. The molecule has 0 aromatic heterocycles. The lowest BCUT2D eigenvalue weighted by Crippen LogP contribution is -2.07. The third kappa shape index (κ3) is 13.2. The number of hydrogen-bond acceptors (Lipinski definition) is 4. The van der Waals surface area contributed by atoms with Crippen molar-refractivity contribution in [2.45, 2.75) is 13.5 Å². The summed E-state index contributed by atoms with van der Waals surface area (Å²) in [6, 6.07) is 0. The number of aliphatic hydroxyl groups is 2. The van der Waals surface area contributed by atoms with Crippen molar-refractivity contribution in [2.75, 3.05) is 6.61 Å². The van der Waals surface area contributed by atoms with Crippen molar-refractivity contribution in [3.63, 3.8) is 0 Å². The molecule has 5 nitrogen and oxygen atoms in total. The van der Waals surface area contributed by atoms with Gasteiger partial charge in [0.1, 0.15) is 0 Å². The fraction of sp³-hybridized carbons (Fsp3) is 0.333. The number of carbonyl (C=O) groups excluding carboxylic acids is 1. The van der Waals surface area contributed by atoms with Gasteiger partial charge in [-0.15, -0.1) is 6.58 Å². The van der Waals surface area contributed by atoms with Crippen LogP contribution in [0.5, 0.6) is 0 Å².